The van der Waals surface area contributed by atoms with Crippen molar-refractivity contribution in [2.75, 3.05) is 47.4 Å². The van der Waals surface area contributed by atoms with Gasteiger partial charge in [0, 0.05) is 19.6 Å². The Morgan fingerprint density at radius 1 is 1.00 bits per heavy atom. The Hall–Kier alpha value is -0.160. The van der Waals surface area contributed by atoms with Gasteiger partial charge >= 0.3 is 0 Å². The fourth-order valence-corrected chi connectivity index (χ4v) is 0.691. The molecule has 82 valence electrons. The molecule has 0 aliphatic carbocycles. The summed E-state index contributed by atoms with van der Waals surface area (Å²) in [5.41, 5.74) is 0. The van der Waals surface area contributed by atoms with Gasteiger partial charge in [-0.2, -0.15) is 0 Å². The zero-order chi connectivity index (χ0) is 10.7. The first-order valence-corrected chi connectivity index (χ1v) is 4.81. The number of hydrogen-bond acceptors (Lipinski definition) is 4. The first-order chi connectivity index (χ1) is 6.16. The second-order valence-corrected chi connectivity index (χ2v) is 2.98. The summed E-state index contributed by atoms with van der Waals surface area (Å²) in [5, 5.41) is 0. The van der Waals surface area contributed by atoms with Crippen LogP contribution < -0.4 is 5.90 Å². The van der Waals surface area contributed by atoms with Crippen molar-refractivity contribution in [2.45, 2.75) is 13.8 Å². The van der Waals surface area contributed by atoms with Gasteiger partial charge in [0.1, 0.15) is 0 Å². The van der Waals surface area contributed by atoms with Crippen molar-refractivity contribution in [3.8, 4) is 0 Å². The van der Waals surface area contributed by atoms with E-state index < -0.39 is 0 Å². The summed E-state index contributed by atoms with van der Waals surface area (Å²) < 4.78 is 0. The molecule has 0 saturated heterocycles. The summed E-state index contributed by atoms with van der Waals surface area (Å²) >= 11 is 0. The molecule has 0 bridgehead atoms. The van der Waals surface area contributed by atoms with Gasteiger partial charge in [-0.25, -0.2) is 5.90 Å². The van der Waals surface area contributed by atoms with E-state index >= 15 is 0 Å². The van der Waals surface area contributed by atoms with Crippen LogP contribution in [0.5, 0.6) is 0 Å². The summed E-state index contributed by atoms with van der Waals surface area (Å²) in [7, 11) is 6.18. The van der Waals surface area contributed by atoms with Gasteiger partial charge in [-0.05, 0) is 21.1 Å². The van der Waals surface area contributed by atoms with Crippen LogP contribution in [0.3, 0.4) is 0 Å². The lowest BCUT2D eigenvalue weighted by atomic mass is 10.5. The molecule has 0 aromatic rings. The molecule has 0 aromatic carbocycles. The molecule has 0 radical (unpaired) electrons. The molecule has 0 heterocycles. The van der Waals surface area contributed by atoms with Crippen LogP contribution in [0.4, 0.5) is 0 Å². The van der Waals surface area contributed by atoms with Gasteiger partial charge in [0.05, 0.1) is 6.61 Å². The molecule has 4 heteroatoms. The number of nitrogens with zero attached hydrogens (tertiary/aromatic N) is 2. The normalized spacial score (nSPS) is 10.2. The van der Waals surface area contributed by atoms with Crippen LogP contribution >= 0.6 is 0 Å². The zero-order valence-electron chi connectivity index (χ0n) is 9.71. The van der Waals surface area contributed by atoms with Crippen LogP contribution in [-0.4, -0.2) is 57.2 Å². The Balaban J connectivity index is 0. The van der Waals surface area contributed by atoms with Crippen LogP contribution in [0.25, 0.3) is 0 Å². The van der Waals surface area contributed by atoms with Gasteiger partial charge in [-0.3, -0.25) is 0 Å². The molecule has 2 N–H and O–H groups in total. The molecule has 13 heavy (non-hydrogen) atoms. The SMILES string of the molecule is CC.CN(C)CCN(C)CCON. The lowest BCUT2D eigenvalue weighted by Gasteiger charge is -2.18. The van der Waals surface area contributed by atoms with Crippen LogP contribution in [0, 0.1) is 0 Å². The van der Waals surface area contributed by atoms with Gasteiger partial charge in [-0.15, -0.1) is 0 Å². The van der Waals surface area contributed by atoms with Gasteiger partial charge in [0.15, 0.2) is 0 Å². The summed E-state index contributed by atoms with van der Waals surface area (Å²) in [6.45, 7) is 7.62. The van der Waals surface area contributed by atoms with E-state index in [4.69, 9.17) is 5.90 Å². The van der Waals surface area contributed by atoms with Gasteiger partial charge < -0.3 is 14.6 Å². The highest BCUT2D eigenvalue weighted by Crippen LogP contribution is 1.82. The largest absolute Gasteiger partial charge is 0.308 e. The molecule has 0 saturated carbocycles. The van der Waals surface area contributed by atoms with E-state index in [1.807, 2.05) is 13.8 Å². The Morgan fingerprint density at radius 3 is 1.92 bits per heavy atom. The highest BCUT2D eigenvalue weighted by molar-refractivity contribution is 4.52. The predicted molar refractivity (Wildman–Crippen MR) is 57.5 cm³/mol. The average molecular weight is 191 g/mol. The van der Waals surface area contributed by atoms with E-state index in [0.717, 1.165) is 19.6 Å². The molecule has 0 fully saturated rings. The minimum absolute atomic E-state index is 0.601. The van der Waals surface area contributed by atoms with Gasteiger partial charge in [0.25, 0.3) is 0 Å². The number of rotatable bonds is 6. The monoisotopic (exact) mass is 191 g/mol. The maximum absolute atomic E-state index is 4.90. The minimum Gasteiger partial charge on any atom is -0.308 e. The standard InChI is InChI=1S/C7H19N3O.C2H6/c1-9(2)4-5-10(3)6-7-11-8;1-2/h4-8H2,1-3H3;1-2H3. The molecule has 0 amide bonds. The molecular weight excluding hydrogens is 166 g/mol. The smallest absolute Gasteiger partial charge is 0.0806 e. The molecule has 0 aliphatic heterocycles. The van der Waals surface area contributed by atoms with Crippen molar-refractivity contribution < 1.29 is 4.84 Å². The molecule has 0 rings (SSSR count). The summed E-state index contributed by atoms with van der Waals surface area (Å²) in [5.74, 6) is 4.90. The molecule has 0 atom stereocenters. The molecule has 0 aromatic heterocycles. The Kier molecular flexibility index (Phi) is 14.0. The third-order valence-electron chi connectivity index (χ3n) is 1.52. The van der Waals surface area contributed by atoms with Crippen molar-refractivity contribution in [3.05, 3.63) is 0 Å². The third kappa shape index (κ3) is 14.7. The first-order valence-electron chi connectivity index (χ1n) is 4.81. The van der Waals surface area contributed by atoms with E-state index in [9.17, 15) is 0 Å². The number of likely N-dealkylation sites (N-methyl/N-ethyl adjacent to an activating group) is 2. The summed E-state index contributed by atoms with van der Waals surface area (Å²) in [6, 6.07) is 0. The Labute approximate surface area is 82.6 Å². The molecule has 4 nitrogen and oxygen atoms in total. The highest BCUT2D eigenvalue weighted by atomic mass is 16.6. The van der Waals surface area contributed by atoms with Crippen LogP contribution in [0.15, 0.2) is 0 Å². The minimum atomic E-state index is 0.601. The second-order valence-electron chi connectivity index (χ2n) is 2.98. The van der Waals surface area contributed by atoms with E-state index in [2.05, 4.69) is 35.8 Å². The predicted octanol–water partition coefficient (Wildman–Crippen LogP) is 0.396. The number of nitrogens with two attached hydrogens (primary N) is 1. The van der Waals surface area contributed by atoms with Crippen molar-refractivity contribution >= 4 is 0 Å². The molecule has 0 aliphatic rings. The molecular formula is C9H25N3O. The van der Waals surface area contributed by atoms with E-state index in [1.54, 1.807) is 0 Å². The Morgan fingerprint density at radius 2 is 1.54 bits per heavy atom. The zero-order valence-corrected chi connectivity index (χ0v) is 9.71. The van der Waals surface area contributed by atoms with E-state index in [-0.39, 0.29) is 0 Å². The van der Waals surface area contributed by atoms with Gasteiger partial charge in [0.2, 0.25) is 0 Å². The summed E-state index contributed by atoms with van der Waals surface area (Å²) in [4.78, 5) is 8.80. The molecule has 0 unspecified atom stereocenters. The quantitative estimate of drug-likeness (QED) is 0.617. The van der Waals surface area contributed by atoms with Crippen molar-refractivity contribution in [1.82, 2.24) is 9.80 Å². The lowest BCUT2D eigenvalue weighted by molar-refractivity contribution is 0.111. The lowest BCUT2D eigenvalue weighted by Crippen LogP contribution is -2.31. The van der Waals surface area contributed by atoms with Gasteiger partial charge in [-0.1, -0.05) is 13.8 Å². The first kappa shape index (κ1) is 15.3. The van der Waals surface area contributed by atoms with Crippen LogP contribution in [0.1, 0.15) is 13.8 Å². The van der Waals surface area contributed by atoms with Crippen molar-refractivity contribution in [2.24, 2.45) is 5.90 Å². The maximum Gasteiger partial charge on any atom is 0.0806 e. The van der Waals surface area contributed by atoms with Crippen LogP contribution in [-0.2, 0) is 4.84 Å². The third-order valence-corrected chi connectivity index (χ3v) is 1.52. The fourth-order valence-electron chi connectivity index (χ4n) is 0.691. The van der Waals surface area contributed by atoms with Crippen molar-refractivity contribution in [3.63, 3.8) is 0 Å². The van der Waals surface area contributed by atoms with Crippen LogP contribution in [0.2, 0.25) is 0 Å². The summed E-state index contributed by atoms with van der Waals surface area (Å²) in [6.07, 6.45) is 0. The highest BCUT2D eigenvalue weighted by Gasteiger charge is 1.97. The van der Waals surface area contributed by atoms with E-state index in [1.165, 1.54) is 0 Å². The maximum atomic E-state index is 4.90. The van der Waals surface area contributed by atoms with Crippen molar-refractivity contribution in [1.29, 1.82) is 0 Å². The molecule has 0 spiro atoms. The second kappa shape index (κ2) is 11.8. The Bertz CT molecular complexity index is 88.9. The van der Waals surface area contributed by atoms with E-state index in [0.29, 0.717) is 6.61 Å². The fraction of sp³-hybridized carbons (Fsp3) is 1.00. The number of hydrogen-bond donors (Lipinski definition) is 1. The average Bonchev–Trinajstić information content (AvgIpc) is 2.14. The topological polar surface area (TPSA) is 41.7 Å².